The number of nitriles is 1. The molecule has 0 saturated heterocycles. The largest absolute Gasteiger partial charge is 0.465 e. The summed E-state index contributed by atoms with van der Waals surface area (Å²) in [5.41, 5.74) is 1.04. The molecule has 1 aromatic carbocycles. The van der Waals surface area contributed by atoms with Crippen molar-refractivity contribution in [1.29, 1.82) is 5.26 Å². The lowest BCUT2D eigenvalue weighted by Crippen LogP contribution is -2.07. The molecule has 0 aliphatic heterocycles. The van der Waals surface area contributed by atoms with Crippen LogP contribution >= 0.6 is 11.6 Å². The summed E-state index contributed by atoms with van der Waals surface area (Å²) in [6, 6.07) is 6.48. The van der Waals surface area contributed by atoms with E-state index >= 15 is 0 Å². The Labute approximate surface area is 104 Å². The monoisotopic (exact) mass is 251 g/mol. The lowest BCUT2D eigenvalue weighted by molar-refractivity contribution is -0.116. The minimum Gasteiger partial charge on any atom is -0.465 e. The summed E-state index contributed by atoms with van der Waals surface area (Å²) in [5.74, 6) is -0.779. The van der Waals surface area contributed by atoms with E-state index in [0.717, 1.165) is 0 Å². The van der Waals surface area contributed by atoms with Gasteiger partial charge in [-0.25, -0.2) is 4.79 Å². The maximum atomic E-state index is 11.3. The smallest absolute Gasteiger partial charge is 0.339 e. The van der Waals surface area contributed by atoms with Crippen LogP contribution in [0.1, 0.15) is 21.5 Å². The fraction of sp³-hybridized carbons (Fsp3) is 0.250. The van der Waals surface area contributed by atoms with Crippen LogP contribution in [-0.4, -0.2) is 24.7 Å². The van der Waals surface area contributed by atoms with Crippen LogP contribution in [0.4, 0.5) is 0 Å². The molecule has 0 radical (unpaired) electrons. The van der Waals surface area contributed by atoms with Crippen LogP contribution in [0.3, 0.4) is 0 Å². The fourth-order valence-corrected chi connectivity index (χ4v) is 1.45. The predicted octanol–water partition coefficient (Wildman–Crippen LogP) is 1.70. The summed E-state index contributed by atoms with van der Waals surface area (Å²) in [5, 5.41) is 8.91. The molecule has 0 N–H and O–H groups in total. The van der Waals surface area contributed by atoms with Crippen LogP contribution in [0.5, 0.6) is 0 Å². The van der Waals surface area contributed by atoms with Gasteiger partial charge in [0.1, 0.15) is 6.07 Å². The molecular weight excluding hydrogens is 242 g/mol. The predicted molar refractivity (Wildman–Crippen MR) is 61.9 cm³/mol. The van der Waals surface area contributed by atoms with Crippen molar-refractivity contribution in [3.05, 3.63) is 34.9 Å². The van der Waals surface area contributed by atoms with E-state index in [1.807, 2.05) is 6.07 Å². The number of carbonyl (C=O) groups excluding carboxylic acids is 2. The molecule has 0 aliphatic carbocycles. The fourth-order valence-electron chi connectivity index (χ4n) is 1.36. The first-order valence-electron chi connectivity index (χ1n) is 4.81. The Morgan fingerprint density at radius 3 is 2.71 bits per heavy atom. The van der Waals surface area contributed by atoms with E-state index in [4.69, 9.17) is 16.9 Å². The third-order valence-corrected chi connectivity index (χ3v) is 2.46. The normalized spacial score (nSPS) is 9.47. The molecule has 0 aliphatic rings. The number of rotatable bonds is 4. The van der Waals surface area contributed by atoms with Crippen molar-refractivity contribution in [2.24, 2.45) is 0 Å². The number of benzene rings is 1. The number of esters is 1. The molecule has 0 saturated carbocycles. The summed E-state index contributed by atoms with van der Waals surface area (Å²) in [7, 11) is 1.24. The Balaban J connectivity index is 3.05. The quantitative estimate of drug-likeness (QED) is 0.603. The van der Waals surface area contributed by atoms with Gasteiger partial charge in [0.15, 0.2) is 5.78 Å². The molecule has 0 spiro atoms. The highest BCUT2D eigenvalue weighted by molar-refractivity contribution is 6.27. The van der Waals surface area contributed by atoms with Crippen LogP contribution in [0.2, 0.25) is 0 Å². The van der Waals surface area contributed by atoms with Crippen molar-refractivity contribution in [1.82, 2.24) is 0 Å². The number of alkyl halides is 1. The zero-order valence-electron chi connectivity index (χ0n) is 9.20. The number of carbonyl (C=O) groups is 2. The number of methoxy groups -OCH3 is 1. The molecule has 0 atom stereocenters. The van der Waals surface area contributed by atoms with Crippen molar-refractivity contribution < 1.29 is 14.3 Å². The first-order valence-corrected chi connectivity index (χ1v) is 5.34. The number of ether oxygens (including phenoxy) is 1. The van der Waals surface area contributed by atoms with Crippen LogP contribution < -0.4 is 0 Å². The second kappa shape index (κ2) is 6.02. The number of hydrogen-bond acceptors (Lipinski definition) is 4. The van der Waals surface area contributed by atoms with Gasteiger partial charge in [0, 0.05) is 6.42 Å². The lowest BCUT2D eigenvalue weighted by Gasteiger charge is -2.04. The maximum absolute atomic E-state index is 11.3. The van der Waals surface area contributed by atoms with Gasteiger partial charge in [-0.2, -0.15) is 5.26 Å². The Hall–Kier alpha value is -1.86. The number of halogens is 1. The van der Waals surface area contributed by atoms with Crippen LogP contribution in [-0.2, 0) is 16.0 Å². The third-order valence-electron chi connectivity index (χ3n) is 2.16. The van der Waals surface area contributed by atoms with Gasteiger partial charge in [-0.1, -0.05) is 6.07 Å². The minimum absolute atomic E-state index is 0.0688. The van der Waals surface area contributed by atoms with Gasteiger partial charge in [0.05, 0.1) is 24.1 Å². The highest BCUT2D eigenvalue weighted by Crippen LogP contribution is 2.13. The Kier molecular flexibility index (Phi) is 4.68. The van der Waals surface area contributed by atoms with E-state index in [0.29, 0.717) is 5.56 Å². The molecule has 1 aromatic rings. The number of Topliss-reactive ketones (excluding diaryl/α,β-unsaturated/α-hetero) is 1. The first kappa shape index (κ1) is 13.2. The molecule has 0 bridgehead atoms. The van der Waals surface area contributed by atoms with Crippen molar-refractivity contribution in [3.8, 4) is 6.07 Å². The van der Waals surface area contributed by atoms with Gasteiger partial charge in [-0.3, -0.25) is 4.79 Å². The van der Waals surface area contributed by atoms with Crippen LogP contribution in [0, 0.1) is 11.3 Å². The van der Waals surface area contributed by atoms with Gasteiger partial charge in [0.25, 0.3) is 0 Å². The highest BCUT2D eigenvalue weighted by atomic mass is 35.5. The number of hydrogen-bond donors (Lipinski definition) is 0. The van der Waals surface area contributed by atoms with E-state index < -0.39 is 5.97 Å². The summed E-state index contributed by atoms with van der Waals surface area (Å²) >= 11 is 5.39. The molecule has 88 valence electrons. The van der Waals surface area contributed by atoms with E-state index in [9.17, 15) is 9.59 Å². The number of nitrogens with zero attached hydrogens (tertiary/aromatic N) is 1. The first-order chi connectivity index (χ1) is 8.12. The van der Waals surface area contributed by atoms with Gasteiger partial charge < -0.3 is 4.74 Å². The Morgan fingerprint density at radius 1 is 1.47 bits per heavy atom. The van der Waals surface area contributed by atoms with Gasteiger partial charge in [-0.05, 0) is 17.7 Å². The summed E-state index contributed by atoms with van der Waals surface area (Å²) < 4.78 is 4.54. The number of ketones is 1. The maximum Gasteiger partial charge on any atom is 0.339 e. The highest BCUT2D eigenvalue weighted by Gasteiger charge is 2.13. The molecule has 5 heteroatoms. The van der Waals surface area contributed by atoms with Crippen molar-refractivity contribution in [2.45, 2.75) is 6.42 Å². The zero-order chi connectivity index (χ0) is 12.8. The van der Waals surface area contributed by atoms with E-state index in [-0.39, 0.29) is 29.2 Å². The van der Waals surface area contributed by atoms with Gasteiger partial charge in [0.2, 0.25) is 0 Å². The minimum atomic E-state index is -0.572. The Bertz CT molecular complexity index is 491. The molecule has 0 heterocycles. The molecular formula is C12H10ClNO3. The van der Waals surface area contributed by atoms with Crippen molar-refractivity contribution in [2.75, 3.05) is 13.0 Å². The summed E-state index contributed by atoms with van der Waals surface area (Å²) in [6.45, 7) is 0. The average molecular weight is 252 g/mol. The summed E-state index contributed by atoms with van der Waals surface area (Å²) in [6.07, 6.45) is 0.152. The standard InChI is InChI=1S/C12H10ClNO3/c1-17-12(16)11-3-2-8(4-9(11)7-14)5-10(15)6-13/h2-4H,5-6H2,1H3. The van der Waals surface area contributed by atoms with Gasteiger partial charge in [-0.15, -0.1) is 11.6 Å². The molecule has 0 fully saturated rings. The zero-order valence-corrected chi connectivity index (χ0v) is 9.95. The Morgan fingerprint density at radius 2 is 2.18 bits per heavy atom. The summed E-state index contributed by atoms with van der Waals surface area (Å²) in [4.78, 5) is 22.5. The van der Waals surface area contributed by atoms with Crippen LogP contribution in [0.25, 0.3) is 0 Å². The van der Waals surface area contributed by atoms with Crippen molar-refractivity contribution in [3.63, 3.8) is 0 Å². The molecule has 0 amide bonds. The van der Waals surface area contributed by atoms with E-state index in [1.165, 1.54) is 19.2 Å². The average Bonchev–Trinajstić information content (AvgIpc) is 2.37. The second-order valence-electron chi connectivity index (χ2n) is 3.33. The second-order valence-corrected chi connectivity index (χ2v) is 3.60. The lowest BCUT2D eigenvalue weighted by atomic mass is 10.0. The molecule has 0 unspecified atom stereocenters. The molecule has 4 nitrogen and oxygen atoms in total. The molecule has 17 heavy (non-hydrogen) atoms. The van der Waals surface area contributed by atoms with Gasteiger partial charge >= 0.3 is 5.97 Å². The van der Waals surface area contributed by atoms with E-state index in [2.05, 4.69) is 4.74 Å². The topological polar surface area (TPSA) is 67.2 Å². The molecule has 1 rings (SSSR count). The van der Waals surface area contributed by atoms with E-state index in [1.54, 1.807) is 6.07 Å². The van der Waals surface area contributed by atoms with Crippen molar-refractivity contribution >= 4 is 23.4 Å². The van der Waals surface area contributed by atoms with Crippen LogP contribution in [0.15, 0.2) is 18.2 Å². The molecule has 0 aromatic heterocycles. The SMILES string of the molecule is COC(=O)c1ccc(CC(=O)CCl)cc1C#N. The third kappa shape index (κ3) is 3.30.